The van der Waals surface area contributed by atoms with Gasteiger partial charge >= 0.3 is 0 Å². The van der Waals surface area contributed by atoms with Crippen LogP contribution < -0.4 is 0 Å². The summed E-state index contributed by atoms with van der Waals surface area (Å²) in [5, 5.41) is 0. The van der Waals surface area contributed by atoms with E-state index in [2.05, 4.69) is 19.4 Å². The SMILES string of the molecule is [N-]=[N+]=N[SiH2][CH][SiH2]N=[N+]=[N-]. The zero-order valence-electron chi connectivity index (χ0n) is 4.67. The fourth-order valence-electron chi connectivity index (χ4n) is 0.246. The van der Waals surface area contributed by atoms with Crippen LogP contribution in [0.2, 0.25) is 0 Å². The lowest BCUT2D eigenvalue weighted by atomic mass is 11.9. The molecule has 0 aliphatic carbocycles. The number of hydrogen-bond acceptors (Lipinski definition) is 2. The Morgan fingerprint density at radius 1 is 1.11 bits per heavy atom. The molecule has 0 fully saturated rings. The molecule has 0 aromatic heterocycles. The largest absolute Gasteiger partial charge is 0.132 e. The van der Waals surface area contributed by atoms with Gasteiger partial charge in [0.25, 0.3) is 0 Å². The van der Waals surface area contributed by atoms with Crippen molar-refractivity contribution in [3.05, 3.63) is 26.6 Å². The van der Waals surface area contributed by atoms with E-state index in [4.69, 9.17) is 11.1 Å². The molecule has 0 N–H and O–H groups in total. The van der Waals surface area contributed by atoms with Gasteiger partial charge in [0.05, 0.1) is 0 Å². The van der Waals surface area contributed by atoms with Gasteiger partial charge in [-0.05, 0) is 20.9 Å². The lowest BCUT2D eigenvalue weighted by Crippen LogP contribution is -1.92. The molecule has 0 saturated carbocycles. The summed E-state index contributed by atoms with van der Waals surface area (Å²) in [6.45, 7) is 0. The molecule has 1 radical (unpaired) electrons. The molecule has 9 heavy (non-hydrogen) atoms. The molecular weight excluding hydrogens is 152 g/mol. The minimum atomic E-state index is -0.729. The number of rotatable bonds is 4. The first-order valence-corrected chi connectivity index (χ1v) is 5.15. The Hall–Kier alpha value is -0.946. The molecule has 0 aromatic rings. The van der Waals surface area contributed by atoms with Crippen molar-refractivity contribution in [2.45, 2.75) is 0 Å². The highest BCUT2D eigenvalue weighted by Crippen LogP contribution is 1.74. The van der Waals surface area contributed by atoms with Crippen LogP contribution in [0.5, 0.6) is 0 Å². The first-order chi connectivity index (χ1) is 4.41. The number of azide groups is 2. The van der Waals surface area contributed by atoms with Gasteiger partial charge in [0.15, 0.2) is 0 Å². The average molecular weight is 157 g/mol. The first-order valence-electron chi connectivity index (χ1n) is 2.25. The maximum absolute atomic E-state index is 7.81. The fourth-order valence-corrected chi connectivity index (χ4v) is 1.78. The van der Waals surface area contributed by atoms with Gasteiger partial charge in [0.1, 0.15) is 19.4 Å². The summed E-state index contributed by atoms with van der Waals surface area (Å²) < 4.78 is 6.72. The quantitative estimate of drug-likeness (QED) is 0.179. The minimum Gasteiger partial charge on any atom is -0.132 e. The third kappa shape index (κ3) is 7.05. The lowest BCUT2D eigenvalue weighted by Gasteiger charge is -1.79. The molecule has 0 aromatic carbocycles. The standard InChI is InChI=1S/CH5N6Si2/c2-4-6-8-1-9-7-5-3/h1H,8-9H2. The van der Waals surface area contributed by atoms with Crippen LogP contribution in [0.25, 0.3) is 20.9 Å². The molecule has 0 heterocycles. The van der Waals surface area contributed by atoms with Crippen molar-refractivity contribution in [1.82, 2.24) is 0 Å². The fraction of sp³-hybridized carbons (Fsp3) is 0. The molecule has 0 aliphatic rings. The maximum Gasteiger partial charge on any atom is 0.123 e. The number of hydrogen-bond donors (Lipinski definition) is 0. The van der Waals surface area contributed by atoms with Crippen molar-refractivity contribution >= 4 is 19.4 Å². The molecule has 0 atom stereocenters. The van der Waals surface area contributed by atoms with E-state index in [1.807, 2.05) is 5.67 Å². The Bertz CT molecular complexity index is 134. The average Bonchev–Trinajstić information content (AvgIpc) is 1.89. The van der Waals surface area contributed by atoms with Crippen molar-refractivity contribution in [3.8, 4) is 0 Å². The van der Waals surface area contributed by atoms with Crippen molar-refractivity contribution in [2.75, 3.05) is 0 Å². The second kappa shape index (κ2) is 7.05. The van der Waals surface area contributed by atoms with E-state index in [-0.39, 0.29) is 0 Å². The van der Waals surface area contributed by atoms with Crippen LogP contribution in [0, 0.1) is 5.67 Å². The highest BCUT2D eigenvalue weighted by atomic mass is 28.3. The Kier molecular flexibility index (Phi) is 6.31. The van der Waals surface area contributed by atoms with Crippen LogP contribution in [-0.4, -0.2) is 19.4 Å². The third-order valence-corrected chi connectivity index (χ3v) is 3.19. The van der Waals surface area contributed by atoms with E-state index in [1.54, 1.807) is 0 Å². The molecule has 0 aliphatic heterocycles. The van der Waals surface area contributed by atoms with E-state index < -0.39 is 19.4 Å². The van der Waals surface area contributed by atoms with Crippen molar-refractivity contribution in [2.24, 2.45) is 9.56 Å². The second-order valence-corrected chi connectivity index (χ2v) is 4.72. The molecule has 0 amide bonds. The summed E-state index contributed by atoms with van der Waals surface area (Å²) in [7, 11) is -1.46. The van der Waals surface area contributed by atoms with Crippen LogP contribution in [0.3, 0.4) is 0 Å². The molecule has 0 saturated heterocycles. The smallest absolute Gasteiger partial charge is 0.123 e. The second-order valence-electron chi connectivity index (χ2n) is 1.12. The highest BCUT2D eigenvalue weighted by Gasteiger charge is 1.82. The van der Waals surface area contributed by atoms with Crippen LogP contribution in [0.15, 0.2) is 9.56 Å². The predicted octanol–water partition coefficient (Wildman–Crippen LogP) is -0.106. The zero-order valence-corrected chi connectivity index (χ0v) is 7.50. The van der Waals surface area contributed by atoms with Gasteiger partial charge in [-0.15, -0.1) is 9.56 Å². The molecule has 0 unspecified atom stereocenters. The molecule has 0 rings (SSSR count). The van der Waals surface area contributed by atoms with E-state index in [0.717, 1.165) is 0 Å². The van der Waals surface area contributed by atoms with Crippen molar-refractivity contribution < 1.29 is 0 Å². The Morgan fingerprint density at radius 2 is 1.56 bits per heavy atom. The summed E-state index contributed by atoms with van der Waals surface area (Å²) in [6.07, 6.45) is 0. The zero-order chi connectivity index (χ0) is 6.95. The van der Waals surface area contributed by atoms with Gasteiger partial charge in [-0.2, -0.15) is 0 Å². The van der Waals surface area contributed by atoms with Crippen molar-refractivity contribution in [3.63, 3.8) is 0 Å². The van der Waals surface area contributed by atoms with Crippen LogP contribution >= 0.6 is 0 Å². The van der Waals surface area contributed by atoms with E-state index in [9.17, 15) is 0 Å². The van der Waals surface area contributed by atoms with Crippen LogP contribution in [0.4, 0.5) is 0 Å². The Morgan fingerprint density at radius 3 is 1.89 bits per heavy atom. The minimum absolute atomic E-state index is 0.729. The van der Waals surface area contributed by atoms with E-state index in [1.165, 1.54) is 0 Å². The summed E-state index contributed by atoms with van der Waals surface area (Å²) in [4.78, 5) is 5.15. The van der Waals surface area contributed by atoms with E-state index in [0.29, 0.717) is 0 Å². The summed E-state index contributed by atoms with van der Waals surface area (Å²) in [6, 6.07) is 0. The van der Waals surface area contributed by atoms with Gasteiger partial charge in [-0.1, -0.05) is 5.67 Å². The normalized spacial score (nSPS) is 9.78. The summed E-state index contributed by atoms with van der Waals surface area (Å²) in [5.41, 5.74) is 17.5. The van der Waals surface area contributed by atoms with Gasteiger partial charge in [-0.25, -0.2) is 0 Å². The van der Waals surface area contributed by atoms with Gasteiger partial charge in [-0.3, -0.25) is 0 Å². The summed E-state index contributed by atoms with van der Waals surface area (Å²) in [5.74, 6) is 0. The van der Waals surface area contributed by atoms with Crippen molar-refractivity contribution in [1.29, 1.82) is 0 Å². The topological polar surface area (TPSA) is 97.5 Å². The van der Waals surface area contributed by atoms with E-state index >= 15 is 0 Å². The summed E-state index contributed by atoms with van der Waals surface area (Å²) >= 11 is 0. The molecule has 0 bridgehead atoms. The van der Waals surface area contributed by atoms with Crippen LogP contribution in [-0.2, 0) is 0 Å². The van der Waals surface area contributed by atoms with Gasteiger partial charge in [0.2, 0.25) is 0 Å². The monoisotopic (exact) mass is 157 g/mol. The molecule has 6 nitrogen and oxygen atoms in total. The third-order valence-electron chi connectivity index (χ3n) is 0.548. The Balaban J connectivity index is 3.09. The maximum atomic E-state index is 7.81. The van der Waals surface area contributed by atoms with Gasteiger partial charge in [0, 0.05) is 0 Å². The van der Waals surface area contributed by atoms with Crippen LogP contribution in [0.1, 0.15) is 0 Å². The molecular formula is CH5N6Si2. The highest BCUT2D eigenvalue weighted by molar-refractivity contribution is 6.60. The predicted molar refractivity (Wildman–Crippen MR) is 39.7 cm³/mol. The molecule has 0 spiro atoms. The molecule has 8 heteroatoms. The number of nitrogens with zero attached hydrogens (tertiary/aromatic N) is 6. The molecule has 47 valence electrons. The Labute approximate surface area is 56.3 Å². The lowest BCUT2D eigenvalue weighted by molar-refractivity contribution is 1.70. The van der Waals surface area contributed by atoms with Gasteiger partial charge < -0.3 is 0 Å². The first kappa shape index (κ1) is 8.05.